The Balaban J connectivity index is 2.01. The van der Waals surface area contributed by atoms with E-state index in [9.17, 15) is 18.0 Å². The number of amides is 1. The van der Waals surface area contributed by atoms with Crippen molar-refractivity contribution in [1.29, 1.82) is 0 Å². The zero-order valence-corrected chi connectivity index (χ0v) is 15.8. The fourth-order valence-corrected chi connectivity index (χ4v) is 4.56. The van der Waals surface area contributed by atoms with Crippen LogP contribution in [0, 0.1) is 0 Å². The Bertz CT molecular complexity index is 744. The molecule has 1 aliphatic rings. The van der Waals surface area contributed by atoms with E-state index in [-0.39, 0.29) is 17.3 Å². The van der Waals surface area contributed by atoms with Crippen LogP contribution in [0.5, 0.6) is 0 Å². The van der Waals surface area contributed by atoms with Crippen molar-refractivity contribution in [3.05, 3.63) is 24.3 Å². The summed E-state index contributed by atoms with van der Waals surface area (Å²) < 4.78 is 26.2. The first-order valence-electron chi connectivity index (χ1n) is 8.66. The number of aliphatic carboxylic acids is 1. The number of hydrogen-bond acceptors (Lipinski definition) is 5. The van der Waals surface area contributed by atoms with E-state index in [1.165, 1.54) is 28.6 Å². The van der Waals surface area contributed by atoms with Gasteiger partial charge in [0.2, 0.25) is 15.9 Å². The average molecular weight is 383 g/mol. The summed E-state index contributed by atoms with van der Waals surface area (Å²) in [6.07, 6.45) is 1.29. The van der Waals surface area contributed by atoms with Crippen molar-refractivity contribution in [2.75, 3.05) is 31.5 Å². The molecule has 2 rings (SSSR count). The van der Waals surface area contributed by atoms with Gasteiger partial charge in [-0.25, -0.2) is 8.42 Å². The number of likely N-dealkylation sites (tertiary alicyclic amines) is 1. The van der Waals surface area contributed by atoms with Gasteiger partial charge >= 0.3 is 5.97 Å². The maximum absolute atomic E-state index is 12.4. The molecule has 1 atom stereocenters. The highest BCUT2D eigenvalue weighted by Gasteiger charge is 2.31. The van der Waals surface area contributed by atoms with E-state index < -0.39 is 22.0 Å². The van der Waals surface area contributed by atoms with Crippen molar-refractivity contribution in [3.8, 4) is 0 Å². The number of benzene rings is 1. The number of carbonyl (C=O) groups is 2. The number of nitrogens with one attached hydrogen (secondary N) is 1. The molecule has 9 heteroatoms. The highest BCUT2D eigenvalue weighted by Crippen LogP contribution is 2.19. The van der Waals surface area contributed by atoms with Crippen LogP contribution in [0.15, 0.2) is 29.2 Å². The van der Waals surface area contributed by atoms with Crippen LogP contribution in [-0.2, 0) is 19.6 Å². The normalized spacial score (nSPS) is 18.2. The zero-order chi connectivity index (χ0) is 19.3. The van der Waals surface area contributed by atoms with Gasteiger partial charge in [0.05, 0.1) is 11.4 Å². The van der Waals surface area contributed by atoms with Crippen molar-refractivity contribution in [2.45, 2.75) is 37.6 Å². The van der Waals surface area contributed by atoms with Crippen molar-refractivity contribution in [3.63, 3.8) is 0 Å². The molecule has 1 heterocycles. The van der Waals surface area contributed by atoms with Gasteiger partial charge in [-0.1, -0.05) is 13.8 Å². The lowest BCUT2D eigenvalue weighted by molar-refractivity contribution is -0.142. The lowest BCUT2D eigenvalue weighted by Crippen LogP contribution is -2.40. The molecule has 1 fully saturated rings. The maximum atomic E-state index is 12.4. The number of anilines is 1. The molecule has 0 aliphatic carbocycles. The van der Waals surface area contributed by atoms with Crippen LogP contribution in [0.1, 0.15) is 26.7 Å². The summed E-state index contributed by atoms with van der Waals surface area (Å²) in [6.45, 7) is 4.90. The number of carboxylic acid groups (broad SMARTS) is 1. The number of rotatable bonds is 8. The van der Waals surface area contributed by atoms with Crippen molar-refractivity contribution in [2.24, 2.45) is 0 Å². The fourth-order valence-electron chi connectivity index (χ4n) is 3.10. The van der Waals surface area contributed by atoms with Crippen LogP contribution in [0.25, 0.3) is 0 Å². The van der Waals surface area contributed by atoms with Crippen LogP contribution < -0.4 is 5.32 Å². The van der Waals surface area contributed by atoms with E-state index in [0.29, 0.717) is 31.7 Å². The molecule has 0 unspecified atom stereocenters. The third-order valence-electron chi connectivity index (χ3n) is 4.48. The number of carbonyl (C=O) groups excluding carboxylic acids is 1. The predicted octanol–water partition coefficient (Wildman–Crippen LogP) is 1.20. The van der Waals surface area contributed by atoms with Gasteiger partial charge in [0.1, 0.15) is 6.04 Å². The van der Waals surface area contributed by atoms with E-state index in [0.717, 1.165) is 6.42 Å². The Labute approximate surface area is 153 Å². The minimum absolute atomic E-state index is 0.00351. The number of sulfonamides is 1. The van der Waals surface area contributed by atoms with E-state index >= 15 is 0 Å². The lowest BCUT2D eigenvalue weighted by atomic mass is 10.2. The topological polar surface area (TPSA) is 107 Å². The third-order valence-corrected chi connectivity index (χ3v) is 6.54. The number of nitrogens with zero attached hydrogens (tertiary/aromatic N) is 2. The quantitative estimate of drug-likeness (QED) is 0.699. The Hall–Kier alpha value is -1.97. The van der Waals surface area contributed by atoms with Crippen molar-refractivity contribution < 1.29 is 23.1 Å². The predicted molar refractivity (Wildman–Crippen MR) is 97.4 cm³/mol. The molecule has 8 nitrogen and oxygen atoms in total. The second kappa shape index (κ2) is 8.61. The molecule has 1 saturated heterocycles. The van der Waals surface area contributed by atoms with Gasteiger partial charge in [-0.2, -0.15) is 4.31 Å². The van der Waals surface area contributed by atoms with Gasteiger partial charge in [-0.15, -0.1) is 0 Å². The summed E-state index contributed by atoms with van der Waals surface area (Å²) in [4.78, 5) is 25.1. The van der Waals surface area contributed by atoms with Crippen molar-refractivity contribution in [1.82, 2.24) is 9.21 Å². The van der Waals surface area contributed by atoms with E-state index in [1.54, 1.807) is 18.7 Å². The Kier molecular flexibility index (Phi) is 6.74. The van der Waals surface area contributed by atoms with Crippen LogP contribution in [0.3, 0.4) is 0 Å². The van der Waals surface area contributed by atoms with Gasteiger partial charge in [0.25, 0.3) is 0 Å². The fraction of sp³-hybridized carbons (Fsp3) is 0.529. The second-order valence-electron chi connectivity index (χ2n) is 6.13. The summed E-state index contributed by atoms with van der Waals surface area (Å²) in [6, 6.07) is 5.36. The highest BCUT2D eigenvalue weighted by atomic mass is 32.2. The molecular weight excluding hydrogens is 358 g/mol. The van der Waals surface area contributed by atoms with Gasteiger partial charge in [0, 0.05) is 18.8 Å². The molecule has 0 aromatic heterocycles. The molecule has 144 valence electrons. The minimum atomic E-state index is -3.53. The molecule has 1 aliphatic heterocycles. The Morgan fingerprint density at radius 3 is 2.38 bits per heavy atom. The molecule has 1 amide bonds. The Morgan fingerprint density at radius 1 is 1.23 bits per heavy atom. The van der Waals surface area contributed by atoms with E-state index in [1.807, 2.05) is 0 Å². The molecule has 0 radical (unpaired) electrons. The first-order chi connectivity index (χ1) is 12.3. The Morgan fingerprint density at radius 2 is 1.85 bits per heavy atom. The minimum Gasteiger partial charge on any atom is -0.480 e. The summed E-state index contributed by atoms with van der Waals surface area (Å²) in [5, 5.41) is 11.8. The van der Waals surface area contributed by atoms with Gasteiger partial charge in [-0.05, 0) is 43.7 Å². The molecule has 1 aromatic carbocycles. The number of hydrogen-bond donors (Lipinski definition) is 2. The van der Waals surface area contributed by atoms with Gasteiger partial charge in [-0.3, -0.25) is 14.5 Å². The molecule has 26 heavy (non-hydrogen) atoms. The molecule has 0 bridgehead atoms. The van der Waals surface area contributed by atoms with Gasteiger partial charge in [0.15, 0.2) is 0 Å². The van der Waals surface area contributed by atoms with Crippen LogP contribution in [-0.4, -0.2) is 66.8 Å². The van der Waals surface area contributed by atoms with Gasteiger partial charge < -0.3 is 10.4 Å². The molecule has 0 spiro atoms. The second-order valence-corrected chi connectivity index (χ2v) is 8.07. The van der Waals surface area contributed by atoms with E-state index in [4.69, 9.17) is 5.11 Å². The number of carboxylic acids is 1. The van der Waals surface area contributed by atoms with E-state index in [2.05, 4.69) is 5.32 Å². The summed E-state index contributed by atoms with van der Waals surface area (Å²) >= 11 is 0. The largest absolute Gasteiger partial charge is 0.480 e. The van der Waals surface area contributed by atoms with Crippen molar-refractivity contribution >= 4 is 27.6 Å². The molecule has 2 N–H and O–H groups in total. The highest BCUT2D eigenvalue weighted by molar-refractivity contribution is 7.89. The van der Waals surface area contributed by atoms with Crippen LogP contribution in [0.2, 0.25) is 0 Å². The van der Waals surface area contributed by atoms with Crippen LogP contribution in [0.4, 0.5) is 5.69 Å². The first-order valence-corrected chi connectivity index (χ1v) is 10.1. The third kappa shape index (κ3) is 4.60. The maximum Gasteiger partial charge on any atom is 0.320 e. The molecule has 1 aromatic rings. The average Bonchev–Trinajstić information content (AvgIpc) is 3.04. The smallest absolute Gasteiger partial charge is 0.320 e. The standard InChI is InChI=1S/C17H25N3O5S/c1-3-20(4-2)26(24,25)14-9-7-13(8-10-14)18-16(21)12-19-11-5-6-15(19)17(22)23/h7-10,15H,3-6,11-12H2,1-2H3,(H,18,21)(H,22,23)/t15-/m0/s1. The zero-order valence-electron chi connectivity index (χ0n) is 15.0. The van der Waals surface area contributed by atoms with Crippen LogP contribution >= 0.6 is 0 Å². The molecule has 0 saturated carbocycles. The summed E-state index contributed by atoms with van der Waals surface area (Å²) in [5.41, 5.74) is 0.472. The monoisotopic (exact) mass is 383 g/mol. The lowest BCUT2D eigenvalue weighted by Gasteiger charge is -2.20. The SMILES string of the molecule is CCN(CC)S(=O)(=O)c1ccc(NC(=O)CN2CCC[C@H]2C(=O)O)cc1. The molecular formula is C17H25N3O5S. The first kappa shape index (κ1) is 20.3. The summed E-state index contributed by atoms with van der Waals surface area (Å²) in [5.74, 6) is -1.24. The summed E-state index contributed by atoms with van der Waals surface area (Å²) in [7, 11) is -3.53.